The van der Waals surface area contributed by atoms with Gasteiger partial charge in [-0.3, -0.25) is 4.79 Å². The van der Waals surface area contributed by atoms with Crippen LogP contribution in [0.2, 0.25) is 0 Å². The lowest BCUT2D eigenvalue weighted by Crippen LogP contribution is -2.21. The van der Waals surface area contributed by atoms with Crippen molar-refractivity contribution < 1.29 is 4.79 Å². The van der Waals surface area contributed by atoms with Crippen LogP contribution in [0.4, 0.5) is 5.95 Å². The lowest BCUT2D eigenvalue weighted by molar-refractivity contribution is 0.0960. The number of nitrogens with zero attached hydrogens (tertiary/aromatic N) is 2. The molecule has 0 saturated carbocycles. The van der Waals surface area contributed by atoms with Crippen LogP contribution in [-0.2, 0) is 6.54 Å². The van der Waals surface area contributed by atoms with Crippen molar-refractivity contribution >= 4 is 33.4 Å². The Kier molecular flexibility index (Phi) is 6.26. The molecule has 0 bridgehead atoms. The molecule has 1 aromatic carbocycles. The number of nitrogens with one attached hydrogen (secondary N) is 2. The number of carbonyl (C=O) groups excluding carboxylic acids is 1. The molecule has 0 aliphatic rings. The molecule has 0 saturated heterocycles. The second-order valence-electron chi connectivity index (χ2n) is 7.29. The van der Waals surface area contributed by atoms with Crippen LogP contribution < -0.4 is 16.4 Å². The maximum absolute atomic E-state index is 12.3. The van der Waals surface area contributed by atoms with Crippen molar-refractivity contribution in [3.8, 4) is 11.3 Å². The minimum atomic E-state index is -0.0987. The third kappa shape index (κ3) is 4.48. The van der Waals surface area contributed by atoms with Crippen molar-refractivity contribution in [1.82, 2.24) is 20.6 Å². The summed E-state index contributed by atoms with van der Waals surface area (Å²) < 4.78 is 0. The normalized spacial score (nSPS) is 11.3. The minimum Gasteiger partial charge on any atom is -0.368 e. The van der Waals surface area contributed by atoms with E-state index >= 15 is 0 Å². The number of carbonyl (C=O) groups is 1. The fourth-order valence-electron chi connectivity index (χ4n) is 3.04. The van der Waals surface area contributed by atoms with E-state index in [1.807, 2.05) is 13.0 Å². The van der Waals surface area contributed by atoms with Gasteiger partial charge in [0.25, 0.3) is 5.91 Å². The van der Waals surface area contributed by atoms with E-state index in [1.165, 1.54) is 16.9 Å². The number of fused-ring (bicyclic) bond motifs is 1. The van der Waals surface area contributed by atoms with Gasteiger partial charge in [0.1, 0.15) is 4.83 Å². The fraction of sp³-hybridized carbons (Fsp3) is 0.381. The Balaban J connectivity index is 2.03. The molecule has 0 atom stereocenters. The molecule has 28 heavy (non-hydrogen) atoms. The van der Waals surface area contributed by atoms with Crippen molar-refractivity contribution in [3.63, 3.8) is 0 Å². The van der Waals surface area contributed by atoms with Gasteiger partial charge in [-0.15, -0.1) is 11.3 Å². The molecule has 6 nitrogen and oxygen atoms in total. The molecule has 2 heterocycles. The zero-order valence-electron chi connectivity index (χ0n) is 16.8. The molecule has 1 amide bonds. The molecule has 0 aliphatic heterocycles. The SMILES string of the molecule is CCNC(=O)c1cc2c(-c3cc(CNCC(C)C)ccc3C)nc(N)nc2s1. The molecule has 2 aromatic heterocycles. The van der Waals surface area contributed by atoms with Crippen molar-refractivity contribution in [2.45, 2.75) is 34.2 Å². The average molecular weight is 398 g/mol. The first-order valence-corrected chi connectivity index (χ1v) is 10.4. The number of amides is 1. The average Bonchev–Trinajstić information content (AvgIpc) is 3.06. The largest absolute Gasteiger partial charge is 0.368 e. The predicted molar refractivity (Wildman–Crippen MR) is 117 cm³/mol. The number of nitrogen functional groups attached to an aromatic ring is 1. The Morgan fingerprint density at radius 2 is 2.04 bits per heavy atom. The number of nitrogens with two attached hydrogens (primary N) is 1. The van der Waals surface area contributed by atoms with Crippen LogP contribution in [0.15, 0.2) is 24.3 Å². The molecule has 4 N–H and O–H groups in total. The molecule has 148 valence electrons. The van der Waals surface area contributed by atoms with E-state index in [9.17, 15) is 4.79 Å². The number of aromatic nitrogens is 2. The monoisotopic (exact) mass is 397 g/mol. The van der Waals surface area contributed by atoms with E-state index in [0.29, 0.717) is 17.3 Å². The van der Waals surface area contributed by atoms with E-state index in [2.05, 4.69) is 59.6 Å². The summed E-state index contributed by atoms with van der Waals surface area (Å²) in [4.78, 5) is 22.5. The summed E-state index contributed by atoms with van der Waals surface area (Å²) in [6, 6.07) is 8.24. The Morgan fingerprint density at radius 3 is 2.75 bits per heavy atom. The van der Waals surface area contributed by atoms with Gasteiger partial charge in [-0.2, -0.15) is 0 Å². The van der Waals surface area contributed by atoms with E-state index in [4.69, 9.17) is 5.73 Å². The summed E-state index contributed by atoms with van der Waals surface area (Å²) in [6.45, 7) is 10.7. The first-order valence-electron chi connectivity index (χ1n) is 9.55. The van der Waals surface area contributed by atoms with Gasteiger partial charge in [-0.05, 0) is 49.6 Å². The summed E-state index contributed by atoms with van der Waals surface area (Å²) in [6.07, 6.45) is 0. The summed E-state index contributed by atoms with van der Waals surface area (Å²) in [5.74, 6) is 0.720. The van der Waals surface area contributed by atoms with Crippen molar-refractivity contribution in [1.29, 1.82) is 0 Å². The zero-order valence-corrected chi connectivity index (χ0v) is 17.6. The Bertz CT molecular complexity index is 996. The second-order valence-corrected chi connectivity index (χ2v) is 8.32. The van der Waals surface area contributed by atoms with Crippen LogP contribution >= 0.6 is 11.3 Å². The third-order valence-electron chi connectivity index (χ3n) is 4.41. The Morgan fingerprint density at radius 1 is 1.25 bits per heavy atom. The summed E-state index contributed by atoms with van der Waals surface area (Å²) in [7, 11) is 0. The first-order chi connectivity index (χ1) is 13.4. The topological polar surface area (TPSA) is 92.9 Å². The van der Waals surface area contributed by atoms with Gasteiger partial charge in [0.2, 0.25) is 5.95 Å². The molecular formula is C21H27N5OS. The van der Waals surface area contributed by atoms with Gasteiger partial charge < -0.3 is 16.4 Å². The van der Waals surface area contributed by atoms with Gasteiger partial charge in [-0.25, -0.2) is 9.97 Å². The van der Waals surface area contributed by atoms with E-state index in [0.717, 1.165) is 40.1 Å². The summed E-state index contributed by atoms with van der Waals surface area (Å²) >= 11 is 1.34. The van der Waals surface area contributed by atoms with Crippen LogP contribution in [-0.4, -0.2) is 29.0 Å². The van der Waals surface area contributed by atoms with Crippen molar-refractivity contribution in [2.24, 2.45) is 5.92 Å². The minimum absolute atomic E-state index is 0.0987. The highest BCUT2D eigenvalue weighted by molar-refractivity contribution is 7.20. The summed E-state index contributed by atoms with van der Waals surface area (Å²) in [5, 5.41) is 7.16. The zero-order chi connectivity index (χ0) is 20.3. The molecule has 0 fully saturated rings. The lowest BCUT2D eigenvalue weighted by atomic mass is 10.00. The highest BCUT2D eigenvalue weighted by Gasteiger charge is 2.17. The number of benzene rings is 1. The fourth-order valence-corrected chi connectivity index (χ4v) is 4.00. The van der Waals surface area contributed by atoms with E-state index in [1.54, 1.807) is 0 Å². The molecular weight excluding hydrogens is 370 g/mol. The number of hydrogen-bond acceptors (Lipinski definition) is 6. The van der Waals surface area contributed by atoms with Gasteiger partial charge in [0.15, 0.2) is 0 Å². The molecule has 7 heteroatoms. The van der Waals surface area contributed by atoms with Gasteiger partial charge >= 0.3 is 0 Å². The Hall–Kier alpha value is -2.51. The van der Waals surface area contributed by atoms with Crippen LogP contribution in [0.25, 0.3) is 21.5 Å². The standard InChI is InChI=1S/C21H27N5OS/c1-5-24-19(27)17-9-16-18(25-21(22)26-20(16)28-17)15-8-14(7-6-13(15)4)11-23-10-12(2)3/h6-9,12,23H,5,10-11H2,1-4H3,(H,24,27)(H2,22,25,26). The van der Waals surface area contributed by atoms with Crippen molar-refractivity contribution in [2.75, 3.05) is 18.8 Å². The molecule has 0 unspecified atom stereocenters. The van der Waals surface area contributed by atoms with Crippen LogP contribution in [0.3, 0.4) is 0 Å². The number of anilines is 1. The van der Waals surface area contributed by atoms with Crippen molar-refractivity contribution in [3.05, 3.63) is 40.3 Å². The second kappa shape index (κ2) is 8.67. The smallest absolute Gasteiger partial charge is 0.261 e. The van der Waals surface area contributed by atoms with Gasteiger partial charge in [0.05, 0.1) is 10.6 Å². The van der Waals surface area contributed by atoms with Crippen LogP contribution in [0, 0.1) is 12.8 Å². The molecule has 0 radical (unpaired) electrons. The van der Waals surface area contributed by atoms with Gasteiger partial charge in [-0.1, -0.05) is 26.0 Å². The number of hydrogen-bond donors (Lipinski definition) is 3. The highest BCUT2D eigenvalue weighted by atomic mass is 32.1. The number of thiophene rings is 1. The predicted octanol–water partition coefficient (Wildman–Crippen LogP) is 3.74. The molecule has 3 aromatic rings. The first kappa shape index (κ1) is 20.2. The highest BCUT2D eigenvalue weighted by Crippen LogP contribution is 2.34. The van der Waals surface area contributed by atoms with Crippen LogP contribution in [0.1, 0.15) is 41.6 Å². The molecule has 3 rings (SSSR count). The molecule has 0 aliphatic carbocycles. The number of aryl methyl sites for hydroxylation is 1. The Labute approximate surface area is 169 Å². The number of rotatable bonds is 7. The quantitative estimate of drug-likeness (QED) is 0.565. The lowest BCUT2D eigenvalue weighted by Gasteiger charge is -2.12. The van der Waals surface area contributed by atoms with Crippen LogP contribution in [0.5, 0.6) is 0 Å². The maximum Gasteiger partial charge on any atom is 0.261 e. The molecule has 0 spiro atoms. The maximum atomic E-state index is 12.3. The van der Waals surface area contributed by atoms with E-state index in [-0.39, 0.29) is 11.9 Å². The third-order valence-corrected chi connectivity index (χ3v) is 5.44. The van der Waals surface area contributed by atoms with E-state index < -0.39 is 0 Å². The summed E-state index contributed by atoms with van der Waals surface area (Å²) in [5.41, 5.74) is 10.1. The van der Waals surface area contributed by atoms with Gasteiger partial charge in [0, 0.05) is 24.0 Å².